The molecule has 0 unspecified atom stereocenters. The van der Waals surface area contributed by atoms with Crippen LogP contribution in [-0.4, -0.2) is 32.5 Å². The van der Waals surface area contributed by atoms with Gasteiger partial charge in [0.15, 0.2) is 11.2 Å². The number of hydrogen-bond donors (Lipinski definition) is 0. The SMILES string of the molecule is CN=C(C(C)=O)P(=O)(OC)OC. The fraction of sp³-hybridized carbons (Fsp3) is 0.667. The molecule has 0 aromatic heterocycles. The summed E-state index contributed by atoms with van der Waals surface area (Å²) in [7, 11) is 0.329. The second kappa shape index (κ2) is 4.50. The van der Waals surface area contributed by atoms with Gasteiger partial charge in [0.2, 0.25) is 0 Å². The maximum absolute atomic E-state index is 11.5. The lowest BCUT2D eigenvalue weighted by Gasteiger charge is -2.12. The van der Waals surface area contributed by atoms with E-state index in [1.54, 1.807) is 0 Å². The zero-order chi connectivity index (χ0) is 9.78. The molecule has 0 N–H and O–H groups in total. The number of carbonyl (C=O) groups excluding carboxylic acids is 1. The van der Waals surface area contributed by atoms with Gasteiger partial charge in [0, 0.05) is 28.2 Å². The molecule has 0 aromatic carbocycles. The predicted molar refractivity (Wildman–Crippen MR) is 45.7 cm³/mol. The normalized spacial score (nSPS) is 13.2. The summed E-state index contributed by atoms with van der Waals surface area (Å²) in [5, 5.41) is 0. The van der Waals surface area contributed by atoms with Crippen molar-refractivity contribution in [3.63, 3.8) is 0 Å². The van der Waals surface area contributed by atoms with Gasteiger partial charge in [-0.2, -0.15) is 0 Å². The Balaban J connectivity index is 4.97. The summed E-state index contributed by atoms with van der Waals surface area (Å²) >= 11 is 0. The Hall–Kier alpha value is -0.510. The van der Waals surface area contributed by atoms with Gasteiger partial charge >= 0.3 is 7.60 Å². The molecule has 6 heteroatoms. The molecule has 0 radical (unpaired) electrons. The van der Waals surface area contributed by atoms with Crippen molar-refractivity contribution in [2.24, 2.45) is 4.99 Å². The highest BCUT2D eigenvalue weighted by Crippen LogP contribution is 2.48. The van der Waals surface area contributed by atoms with Gasteiger partial charge < -0.3 is 9.05 Å². The largest absolute Gasteiger partial charge is 0.382 e. The highest BCUT2D eigenvalue weighted by Gasteiger charge is 2.32. The van der Waals surface area contributed by atoms with Crippen molar-refractivity contribution in [3.8, 4) is 0 Å². The third kappa shape index (κ3) is 2.24. The summed E-state index contributed by atoms with van der Waals surface area (Å²) in [5.74, 6) is -0.412. The zero-order valence-electron chi connectivity index (χ0n) is 7.53. The molecule has 0 heterocycles. The molecule has 0 aliphatic heterocycles. The quantitative estimate of drug-likeness (QED) is 0.495. The van der Waals surface area contributed by atoms with E-state index in [2.05, 4.69) is 14.0 Å². The summed E-state index contributed by atoms with van der Waals surface area (Å²) in [6.07, 6.45) is 0. The third-order valence-electron chi connectivity index (χ3n) is 1.27. The summed E-state index contributed by atoms with van der Waals surface area (Å²) in [6.45, 7) is 1.26. The highest BCUT2D eigenvalue weighted by molar-refractivity contribution is 7.75. The average Bonchev–Trinajstić information content (AvgIpc) is 2.04. The number of Topliss-reactive ketones (excluding diaryl/α,β-unsaturated/α-hetero) is 1. The Kier molecular flexibility index (Phi) is 4.31. The van der Waals surface area contributed by atoms with Crippen LogP contribution in [-0.2, 0) is 18.4 Å². The molecular formula is C6H12NO4P. The lowest BCUT2D eigenvalue weighted by Crippen LogP contribution is -2.12. The van der Waals surface area contributed by atoms with Crippen molar-refractivity contribution in [2.45, 2.75) is 6.92 Å². The minimum absolute atomic E-state index is 0.160. The second-order valence-corrected chi connectivity index (χ2v) is 4.11. The summed E-state index contributed by atoms with van der Waals surface area (Å²) < 4.78 is 20.7. The Morgan fingerprint density at radius 3 is 1.83 bits per heavy atom. The summed E-state index contributed by atoms with van der Waals surface area (Å²) in [6, 6.07) is 0. The van der Waals surface area contributed by atoms with Crippen LogP contribution in [0.5, 0.6) is 0 Å². The van der Waals surface area contributed by atoms with Crippen molar-refractivity contribution in [1.29, 1.82) is 0 Å². The first-order valence-corrected chi connectivity index (χ1v) is 4.76. The Labute approximate surface area is 71.3 Å². The molecule has 0 fully saturated rings. The van der Waals surface area contributed by atoms with Crippen LogP contribution in [0.4, 0.5) is 0 Å². The highest BCUT2D eigenvalue weighted by atomic mass is 31.2. The molecule has 70 valence electrons. The number of aliphatic imine (C=N–C) groups is 1. The van der Waals surface area contributed by atoms with Crippen molar-refractivity contribution in [3.05, 3.63) is 0 Å². The van der Waals surface area contributed by atoms with E-state index in [4.69, 9.17) is 0 Å². The van der Waals surface area contributed by atoms with Gasteiger partial charge in [-0.25, -0.2) is 0 Å². The number of carbonyl (C=O) groups is 1. The number of nitrogens with zero attached hydrogens (tertiary/aromatic N) is 1. The van der Waals surface area contributed by atoms with E-state index in [0.717, 1.165) is 0 Å². The van der Waals surface area contributed by atoms with Gasteiger partial charge in [-0.05, 0) is 0 Å². The summed E-state index contributed by atoms with van der Waals surface area (Å²) in [5.41, 5.74) is -0.160. The molecule has 0 bridgehead atoms. The van der Waals surface area contributed by atoms with Crippen LogP contribution in [0.1, 0.15) is 6.92 Å². The lowest BCUT2D eigenvalue weighted by molar-refractivity contribution is -0.110. The minimum Gasteiger partial charge on any atom is -0.307 e. The van der Waals surface area contributed by atoms with Crippen LogP contribution in [0.2, 0.25) is 0 Å². The fourth-order valence-corrected chi connectivity index (χ4v) is 1.85. The zero-order valence-corrected chi connectivity index (χ0v) is 8.42. The van der Waals surface area contributed by atoms with Gasteiger partial charge in [0.05, 0.1) is 0 Å². The van der Waals surface area contributed by atoms with Crippen molar-refractivity contribution in [2.75, 3.05) is 21.3 Å². The smallest absolute Gasteiger partial charge is 0.307 e. The molecule has 0 rings (SSSR count). The lowest BCUT2D eigenvalue weighted by atomic mass is 10.5. The topological polar surface area (TPSA) is 65.0 Å². The molecule has 5 nitrogen and oxygen atoms in total. The summed E-state index contributed by atoms with van der Waals surface area (Å²) in [4.78, 5) is 14.4. The van der Waals surface area contributed by atoms with E-state index in [0.29, 0.717) is 0 Å². The molecule has 0 saturated heterocycles. The monoisotopic (exact) mass is 193 g/mol. The van der Waals surface area contributed by atoms with E-state index in [1.807, 2.05) is 0 Å². The molecule has 0 spiro atoms. The molecule has 12 heavy (non-hydrogen) atoms. The van der Waals surface area contributed by atoms with Crippen molar-refractivity contribution >= 4 is 18.8 Å². The maximum Gasteiger partial charge on any atom is 0.382 e. The molecule has 0 atom stereocenters. The first kappa shape index (κ1) is 11.5. The van der Waals surface area contributed by atoms with Crippen LogP contribution in [0.3, 0.4) is 0 Å². The third-order valence-corrected chi connectivity index (χ3v) is 3.26. The fourth-order valence-electron chi connectivity index (χ4n) is 0.720. The van der Waals surface area contributed by atoms with Crippen LogP contribution in [0.25, 0.3) is 0 Å². The Morgan fingerprint density at radius 1 is 1.33 bits per heavy atom. The average molecular weight is 193 g/mol. The van der Waals surface area contributed by atoms with Gasteiger partial charge in [-0.3, -0.25) is 14.4 Å². The molecule has 0 aliphatic rings. The molecule has 0 saturated carbocycles. The standard InChI is InChI=1S/C6H12NO4P/c1-5(8)6(7-2)12(9,10-3)11-4/h1-4H3. The van der Waals surface area contributed by atoms with Gasteiger partial charge in [0.1, 0.15) is 0 Å². The molecule has 0 aromatic rings. The molecule has 0 aliphatic carbocycles. The van der Waals surface area contributed by atoms with Crippen molar-refractivity contribution in [1.82, 2.24) is 0 Å². The number of hydrogen-bond acceptors (Lipinski definition) is 5. The van der Waals surface area contributed by atoms with E-state index in [-0.39, 0.29) is 5.45 Å². The van der Waals surface area contributed by atoms with Crippen LogP contribution >= 0.6 is 7.60 Å². The van der Waals surface area contributed by atoms with Gasteiger partial charge in [0.25, 0.3) is 0 Å². The molecular weight excluding hydrogens is 181 g/mol. The van der Waals surface area contributed by atoms with Crippen LogP contribution in [0.15, 0.2) is 4.99 Å². The Bertz CT molecular complexity index is 240. The van der Waals surface area contributed by atoms with Crippen LogP contribution in [0, 0.1) is 0 Å². The first-order chi connectivity index (χ1) is 5.51. The number of rotatable bonds is 4. The van der Waals surface area contributed by atoms with E-state index in [1.165, 1.54) is 28.2 Å². The Morgan fingerprint density at radius 2 is 1.75 bits per heavy atom. The predicted octanol–water partition coefficient (Wildman–Crippen LogP) is 1.09. The van der Waals surface area contributed by atoms with E-state index < -0.39 is 13.4 Å². The number of ketones is 1. The van der Waals surface area contributed by atoms with Gasteiger partial charge in [-0.15, -0.1) is 0 Å². The second-order valence-electron chi connectivity index (χ2n) is 1.97. The van der Waals surface area contributed by atoms with Crippen molar-refractivity contribution < 1.29 is 18.4 Å². The van der Waals surface area contributed by atoms with Crippen LogP contribution < -0.4 is 0 Å². The van der Waals surface area contributed by atoms with E-state index >= 15 is 0 Å². The molecule has 0 amide bonds. The first-order valence-electron chi connectivity index (χ1n) is 3.21. The van der Waals surface area contributed by atoms with Gasteiger partial charge in [-0.1, -0.05) is 0 Å². The van der Waals surface area contributed by atoms with E-state index in [9.17, 15) is 9.36 Å². The minimum atomic E-state index is -3.45. The maximum atomic E-state index is 11.5.